The van der Waals surface area contributed by atoms with Crippen molar-refractivity contribution >= 4 is 34.8 Å². The number of anilines is 2. The van der Waals surface area contributed by atoms with Gasteiger partial charge in [-0.3, -0.25) is 9.59 Å². The maximum absolute atomic E-state index is 12.3. The lowest BCUT2D eigenvalue weighted by atomic mass is 9.80. The molecule has 0 radical (unpaired) electrons. The summed E-state index contributed by atoms with van der Waals surface area (Å²) in [6.45, 7) is 1.51. The second kappa shape index (κ2) is 8.23. The summed E-state index contributed by atoms with van der Waals surface area (Å²) in [5.74, 6) is -0.615. The standard InChI is InChI=1S/C22H24ClN3O2/c23-17-7-9-20(10-8-17)26-12-11-19(14-26)25-22(28)21(27)24-18-6-2-5-16(13-18)15-3-1-4-15/h2,5-10,13,15,19H,1,3-4,11-12,14H2,(H,24,27)(H,25,28). The maximum atomic E-state index is 12.3. The summed E-state index contributed by atoms with van der Waals surface area (Å²) in [5, 5.41) is 6.28. The van der Waals surface area contributed by atoms with Crippen molar-refractivity contribution in [1.29, 1.82) is 0 Å². The molecule has 1 unspecified atom stereocenters. The van der Waals surface area contributed by atoms with E-state index in [9.17, 15) is 9.59 Å². The van der Waals surface area contributed by atoms with Crippen LogP contribution in [0.5, 0.6) is 0 Å². The van der Waals surface area contributed by atoms with Gasteiger partial charge in [0.2, 0.25) is 0 Å². The summed E-state index contributed by atoms with van der Waals surface area (Å²) in [7, 11) is 0. The molecule has 2 aliphatic rings. The topological polar surface area (TPSA) is 61.4 Å². The Morgan fingerprint density at radius 2 is 1.79 bits per heavy atom. The lowest BCUT2D eigenvalue weighted by Crippen LogP contribution is -2.43. The zero-order chi connectivity index (χ0) is 19.5. The van der Waals surface area contributed by atoms with E-state index >= 15 is 0 Å². The lowest BCUT2D eigenvalue weighted by Gasteiger charge is -2.26. The molecule has 1 saturated carbocycles. The molecule has 5 nitrogen and oxygen atoms in total. The molecule has 4 rings (SSSR count). The van der Waals surface area contributed by atoms with E-state index in [0.717, 1.165) is 18.7 Å². The van der Waals surface area contributed by atoms with Crippen molar-refractivity contribution in [1.82, 2.24) is 5.32 Å². The van der Waals surface area contributed by atoms with E-state index in [2.05, 4.69) is 21.6 Å². The molecule has 2 aromatic carbocycles. The van der Waals surface area contributed by atoms with Crippen LogP contribution >= 0.6 is 11.6 Å². The fourth-order valence-corrected chi connectivity index (χ4v) is 3.94. The Hall–Kier alpha value is -2.53. The number of nitrogens with one attached hydrogen (secondary N) is 2. The van der Waals surface area contributed by atoms with E-state index in [-0.39, 0.29) is 6.04 Å². The number of rotatable bonds is 4. The molecule has 2 amide bonds. The monoisotopic (exact) mass is 397 g/mol. The highest BCUT2D eigenvalue weighted by Crippen LogP contribution is 2.37. The van der Waals surface area contributed by atoms with Crippen molar-refractivity contribution in [2.75, 3.05) is 23.3 Å². The highest BCUT2D eigenvalue weighted by Gasteiger charge is 2.26. The number of hydrogen-bond acceptors (Lipinski definition) is 3. The minimum Gasteiger partial charge on any atom is -0.369 e. The molecule has 1 atom stereocenters. The van der Waals surface area contributed by atoms with Crippen molar-refractivity contribution < 1.29 is 9.59 Å². The SMILES string of the molecule is O=C(Nc1cccc(C2CCC2)c1)C(=O)NC1CCN(c2ccc(Cl)cc2)C1. The Bertz CT molecular complexity index is 864. The molecular weight excluding hydrogens is 374 g/mol. The number of amides is 2. The third-order valence-corrected chi connectivity index (χ3v) is 5.89. The average Bonchev–Trinajstić information content (AvgIpc) is 3.09. The van der Waals surface area contributed by atoms with Crippen LogP contribution in [0.2, 0.25) is 5.02 Å². The molecule has 146 valence electrons. The van der Waals surface area contributed by atoms with E-state index in [1.807, 2.05) is 42.5 Å². The van der Waals surface area contributed by atoms with Gasteiger partial charge in [0.15, 0.2) is 0 Å². The van der Waals surface area contributed by atoms with Crippen molar-refractivity contribution in [2.24, 2.45) is 0 Å². The molecule has 1 saturated heterocycles. The van der Waals surface area contributed by atoms with Crippen LogP contribution in [0.15, 0.2) is 48.5 Å². The van der Waals surface area contributed by atoms with Crippen molar-refractivity contribution in [3.8, 4) is 0 Å². The van der Waals surface area contributed by atoms with Crippen LogP contribution in [0.3, 0.4) is 0 Å². The zero-order valence-electron chi connectivity index (χ0n) is 15.7. The van der Waals surface area contributed by atoms with Gasteiger partial charge in [0.25, 0.3) is 0 Å². The van der Waals surface area contributed by atoms with Gasteiger partial charge in [-0.2, -0.15) is 0 Å². The van der Waals surface area contributed by atoms with Gasteiger partial charge < -0.3 is 15.5 Å². The van der Waals surface area contributed by atoms with Crippen molar-refractivity contribution in [3.05, 3.63) is 59.1 Å². The van der Waals surface area contributed by atoms with Gasteiger partial charge >= 0.3 is 11.8 Å². The normalized spacial score (nSPS) is 19.2. The molecule has 2 N–H and O–H groups in total. The number of hydrogen-bond donors (Lipinski definition) is 2. The van der Waals surface area contributed by atoms with E-state index in [1.165, 1.54) is 24.8 Å². The van der Waals surface area contributed by atoms with Crippen LogP contribution < -0.4 is 15.5 Å². The summed E-state index contributed by atoms with van der Waals surface area (Å²) in [4.78, 5) is 26.8. The summed E-state index contributed by atoms with van der Waals surface area (Å²) in [5.41, 5.74) is 2.98. The summed E-state index contributed by atoms with van der Waals surface area (Å²) >= 11 is 5.94. The van der Waals surface area contributed by atoms with Gasteiger partial charge in [-0.15, -0.1) is 0 Å². The smallest absolute Gasteiger partial charge is 0.313 e. The van der Waals surface area contributed by atoms with Crippen molar-refractivity contribution in [3.63, 3.8) is 0 Å². The molecule has 28 heavy (non-hydrogen) atoms. The van der Waals surface area contributed by atoms with Crippen LogP contribution in [-0.2, 0) is 9.59 Å². The lowest BCUT2D eigenvalue weighted by molar-refractivity contribution is -0.136. The highest BCUT2D eigenvalue weighted by atomic mass is 35.5. The molecule has 1 aliphatic carbocycles. The third kappa shape index (κ3) is 4.30. The second-order valence-electron chi connectivity index (χ2n) is 7.59. The van der Waals surface area contributed by atoms with Gasteiger partial charge in [-0.1, -0.05) is 30.2 Å². The van der Waals surface area contributed by atoms with Crippen LogP contribution in [0.4, 0.5) is 11.4 Å². The first-order valence-electron chi connectivity index (χ1n) is 9.81. The minimum atomic E-state index is -0.615. The Morgan fingerprint density at radius 1 is 1.00 bits per heavy atom. The molecule has 0 bridgehead atoms. The van der Waals surface area contributed by atoms with Crippen LogP contribution in [0.1, 0.15) is 37.2 Å². The van der Waals surface area contributed by atoms with Gasteiger partial charge in [-0.05, 0) is 67.1 Å². The summed E-state index contributed by atoms with van der Waals surface area (Å²) < 4.78 is 0. The van der Waals surface area contributed by atoms with E-state index < -0.39 is 11.8 Å². The first-order valence-corrected chi connectivity index (χ1v) is 10.2. The van der Waals surface area contributed by atoms with Crippen LogP contribution in [0, 0.1) is 0 Å². The molecule has 6 heteroatoms. The quantitative estimate of drug-likeness (QED) is 0.768. The summed E-state index contributed by atoms with van der Waals surface area (Å²) in [6.07, 6.45) is 4.46. The van der Waals surface area contributed by atoms with Crippen molar-refractivity contribution in [2.45, 2.75) is 37.6 Å². The Kier molecular flexibility index (Phi) is 5.53. The number of nitrogens with zero attached hydrogens (tertiary/aromatic N) is 1. The fourth-order valence-electron chi connectivity index (χ4n) is 3.82. The second-order valence-corrected chi connectivity index (χ2v) is 8.03. The molecular formula is C22H24ClN3O2. The number of carbonyl (C=O) groups excluding carboxylic acids is 2. The minimum absolute atomic E-state index is 0.0461. The molecule has 0 aromatic heterocycles. The van der Waals surface area contributed by atoms with Crippen LogP contribution in [-0.4, -0.2) is 30.9 Å². The highest BCUT2D eigenvalue weighted by molar-refractivity contribution is 6.39. The predicted molar refractivity (Wildman–Crippen MR) is 112 cm³/mol. The van der Waals surface area contributed by atoms with Gasteiger partial charge in [0.1, 0.15) is 0 Å². The summed E-state index contributed by atoms with van der Waals surface area (Å²) in [6, 6.07) is 15.4. The van der Waals surface area contributed by atoms with Gasteiger partial charge in [0.05, 0.1) is 0 Å². The molecule has 1 aliphatic heterocycles. The Morgan fingerprint density at radius 3 is 2.50 bits per heavy atom. The number of carbonyl (C=O) groups is 2. The van der Waals surface area contributed by atoms with Gasteiger partial charge in [0, 0.05) is 35.5 Å². The van der Waals surface area contributed by atoms with E-state index in [1.54, 1.807) is 0 Å². The molecule has 1 heterocycles. The first kappa shape index (κ1) is 18.8. The maximum Gasteiger partial charge on any atom is 0.313 e. The predicted octanol–water partition coefficient (Wildman–Crippen LogP) is 3.94. The average molecular weight is 398 g/mol. The van der Waals surface area contributed by atoms with E-state index in [0.29, 0.717) is 23.2 Å². The zero-order valence-corrected chi connectivity index (χ0v) is 16.4. The third-order valence-electron chi connectivity index (χ3n) is 5.64. The first-order chi connectivity index (χ1) is 13.6. The number of benzene rings is 2. The molecule has 2 fully saturated rings. The number of halogens is 1. The fraction of sp³-hybridized carbons (Fsp3) is 0.364. The Balaban J connectivity index is 1.30. The molecule has 0 spiro atoms. The van der Waals surface area contributed by atoms with E-state index in [4.69, 9.17) is 11.6 Å². The Labute approximate surface area is 170 Å². The van der Waals surface area contributed by atoms with Gasteiger partial charge in [-0.25, -0.2) is 0 Å². The largest absolute Gasteiger partial charge is 0.369 e. The van der Waals surface area contributed by atoms with Crippen LogP contribution in [0.25, 0.3) is 0 Å². The molecule has 2 aromatic rings.